The number of carbonyl (C=O) groups is 1. The maximum absolute atomic E-state index is 10.7. The normalized spacial score (nSPS) is 18.8. The summed E-state index contributed by atoms with van der Waals surface area (Å²) in [6, 6.07) is -0.284. The maximum Gasteiger partial charge on any atom is 0.328 e. The molecule has 5 heteroatoms. The number of nitrogens with two attached hydrogens (primary N) is 1. The fraction of sp³-hybridized carbons (Fsp3) is 0.857. The first kappa shape index (κ1) is 9.67. The molecule has 1 aliphatic rings. The van der Waals surface area contributed by atoms with Crippen LogP contribution in [0, 0.1) is 5.92 Å². The highest BCUT2D eigenvalue weighted by atomic mass is 32.2. The second-order valence-electron chi connectivity index (χ2n) is 2.91. The molecule has 0 aromatic carbocycles. The summed E-state index contributed by atoms with van der Waals surface area (Å²) in [4.78, 5) is 10.7. The van der Waals surface area contributed by atoms with E-state index in [0.717, 1.165) is 6.54 Å². The second kappa shape index (κ2) is 5.27. The lowest BCUT2D eigenvalue weighted by Gasteiger charge is -2.21. The molecule has 70 valence electrons. The monoisotopic (exact) mass is 189 g/mol. The van der Waals surface area contributed by atoms with E-state index in [-0.39, 0.29) is 6.03 Å². The van der Waals surface area contributed by atoms with Crippen LogP contribution < -0.4 is 16.6 Å². The largest absolute Gasteiger partial charge is 0.337 e. The Kier molecular flexibility index (Phi) is 4.24. The molecule has 12 heavy (non-hydrogen) atoms. The number of carbonyl (C=O) groups excluding carboxylic acids is 1. The molecule has 0 aromatic heterocycles. The minimum Gasteiger partial charge on any atom is -0.337 e. The SMILES string of the molecule is NNC(=O)NCC1CCSCC1. The molecule has 0 aromatic rings. The lowest BCUT2D eigenvalue weighted by molar-refractivity contribution is 0.238. The van der Waals surface area contributed by atoms with Gasteiger partial charge in [0.05, 0.1) is 0 Å². The minimum atomic E-state index is -0.284. The average Bonchev–Trinajstić information content (AvgIpc) is 2.16. The lowest BCUT2D eigenvalue weighted by atomic mass is 10.0. The summed E-state index contributed by atoms with van der Waals surface area (Å²) in [5.41, 5.74) is 2.05. The van der Waals surface area contributed by atoms with Gasteiger partial charge in [-0.2, -0.15) is 11.8 Å². The number of nitrogens with one attached hydrogen (secondary N) is 2. The molecular weight excluding hydrogens is 174 g/mol. The van der Waals surface area contributed by atoms with Gasteiger partial charge >= 0.3 is 6.03 Å². The van der Waals surface area contributed by atoms with Crippen molar-refractivity contribution in [2.24, 2.45) is 11.8 Å². The van der Waals surface area contributed by atoms with E-state index in [2.05, 4.69) is 5.32 Å². The zero-order chi connectivity index (χ0) is 8.81. The van der Waals surface area contributed by atoms with Crippen LogP contribution in [0.4, 0.5) is 4.79 Å². The van der Waals surface area contributed by atoms with Crippen LogP contribution in [0.1, 0.15) is 12.8 Å². The van der Waals surface area contributed by atoms with Crippen LogP contribution in [0.15, 0.2) is 0 Å². The number of hydrogen-bond donors (Lipinski definition) is 3. The Bertz CT molecular complexity index is 148. The Hall–Kier alpha value is -0.420. The summed E-state index contributed by atoms with van der Waals surface area (Å²) in [5.74, 6) is 8.00. The number of hydrogen-bond acceptors (Lipinski definition) is 3. The minimum absolute atomic E-state index is 0.284. The van der Waals surface area contributed by atoms with Gasteiger partial charge in [-0.15, -0.1) is 0 Å². The molecule has 1 rings (SSSR count). The molecule has 0 aliphatic carbocycles. The van der Waals surface area contributed by atoms with E-state index in [9.17, 15) is 4.79 Å². The highest BCUT2D eigenvalue weighted by Gasteiger charge is 2.13. The van der Waals surface area contributed by atoms with E-state index < -0.39 is 0 Å². The number of rotatable bonds is 2. The van der Waals surface area contributed by atoms with Crippen LogP contribution in [-0.4, -0.2) is 24.1 Å². The quantitative estimate of drug-likeness (QED) is 0.332. The van der Waals surface area contributed by atoms with Crippen molar-refractivity contribution in [3.8, 4) is 0 Å². The van der Waals surface area contributed by atoms with Crippen molar-refractivity contribution in [1.29, 1.82) is 0 Å². The lowest BCUT2D eigenvalue weighted by Crippen LogP contribution is -2.42. The van der Waals surface area contributed by atoms with Crippen molar-refractivity contribution in [1.82, 2.24) is 10.7 Å². The number of amides is 2. The van der Waals surface area contributed by atoms with Gasteiger partial charge in [0.15, 0.2) is 0 Å². The van der Waals surface area contributed by atoms with Gasteiger partial charge in [-0.3, -0.25) is 5.43 Å². The van der Waals surface area contributed by atoms with E-state index in [1.807, 2.05) is 17.2 Å². The average molecular weight is 189 g/mol. The van der Waals surface area contributed by atoms with Crippen molar-refractivity contribution >= 4 is 17.8 Å². The van der Waals surface area contributed by atoms with Gasteiger partial charge in [-0.05, 0) is 30.3 Å². The molecule has 1 heterocycles. The predicted octanol–water partition coefficient (Wildman–Crippen LogP) is 0.302. The van der Waals surface area contributed by atoms with Gasteiger partial charge in [-0.25, -0.2) is 10.6 Å². The zero-order valence-electron chi connectivity index (χ0n) is 7.01. The van der Waals surface area contributed by atoms with E-state index in [4.69, 9.17) is 5.84 Å². The van der Waals surface area contributed by atoms with Gasteiger partial charge in [0.1, 0.15) is 0 Å². The van der Waals surface area contributed by atoms with Crippen molar-refractivity contribution in [3.63, 3.8) is 0 Å². The molecule has 2 amide bonds. The van der Waals surface area contributed by atoms with E-state index in [0.29, 0.717) is 5.92 Å². The highest BCUT2D eigenvalue weighted by Crippen LogP contribution is 2.21. The molecule has 1 aliphatic heterocycles. The summed E-state index contributed by atoms with van der Waals surface area (Å²) < 4.78 is 0. The molecule has 0 bridgehead atoms. The van der Waals surface area contributed by atoms with Crippen LogP contribution in [0.5, 0.6) is 0 Å². The molecule has 0 radical (unpaired) electrons. The van der Waals surface area contributed by atoms with E-state index >= 15 is 0 Å². The Balaban J connectivity index is 2.09. The van der Waals surface area contributed by atoms with Crippen LogP contribution in [0.3, 0.4) is 0 Å². The molecular formula is C7H15N3OS. The summed E-state index contributed by atoms with van der Waals surface area (Å²) in [6.45, 7) is 0.754. The van der Waals surface area contributed by atoms with Crippen LogP contribution in [0.25, 0.3) is 0 Å². The molecule has 0 atom stereocenters. The zero-order valence-corrected chi connectivity index (χ0v) is 7.82. The first-order chi connectivity index (χ1) is 5.83. The summed E-state index contributed by atoms with van der Waals surface area (Å²) in [7, 11) is 0. The van der Waals surface area contributed by atoms with Gasteiger partial charge in [0, 0.05) is 6.54 Å². The smallest absolute Gasteiger partial charge is 0.328 e. The van der Waals surface area contributed by atoms with Crippen LogP contribution in [0.2, 0.25) is 0 Å². The van der Waals surface area contributed by atoms with Gasteiger partial charge in [0.2, 0.25) is 0 Å². The third kappa shape index (κ3) is 3.32. The topological polar surface area (TPSA) is 67.1 Å². The second-order valence-corrected chi connectivity index (χ2v) is 4.13. The van der Waals surface area contributed by atoms with Crippen LogP contribution in [-0.2, 0) is 0 Å². The maximum atomic E-state index is 10.7. The first-order valence-corrected chi connectivity index (χ1v) is 5.30. The molecule has 0 spiro atoms. The Morgan fingerprint density at radius 1 is 1.50 bits per heavy atom. The fourth-order valence-corrected chi connectivity index (χ4v) is 2.44. The Labute approximate surface area is 76.6 Å². The standard InChI is InChI=1S/C7H15N3OS/c8-10-7(11)9-5-6-1-3-12-4-2-6/h6H,1-5,8H2,(H2,9,10,11). The predicted molar refractivity (Wildman–Crippen MR) is 50.8 cm³/mol. The third-order valence-electron chi connectivity index (χ3n) is 2.02. The van der Waals surface area contributed by atoms with Gasteiger partial charge < -0.3 is 5.32 Å². The van der Waals surface area contributed by atoms with Crippen molar-refractivity contribution in [2.45, 2.75) is 12.8 Å². The van der Waals surface area contributed by atoms with Crippen LogP contribution >= 0.6 is 11.8 Å². The molecule has 1 saturated heterocycles. The summed E-state index contributed by atoms with van der Waals surface area (Å²) in [5, 5.41) is 2.72. The van der Waals surface area contributed by atoms with E-state index in [1.165, 1.54) is 24.3 Å². The van der Waals surface area contributed by atoms with Crippen molar-refractivity contribution < 1.29 is 4.79 Å². The number of thioether (sulfide) groups is 1. The number of hydrazine groups is 1. The van der Waals surface area contributed by atoms with Gasteiger partial charge in [-0.1, -0.05) is 0 Å². The highest BCUT2D eigenvalue weighted by molar-refractivity contribution is 7.99. The molecule has 1 fully saturated rings. The molecule has 4 nitrogen and oxygen atoms in total. The van der Waals surface area contributed by atoms with Crippen molar-refractivity contribution in [3.05, 3.63) is 0 Å². The first-order valence-electron chi connectivity index (χ1n) is 4.15. The molecule has 4 N–H and O–H groups in total. The Morgan fingerprint density at radius 3 is 2.75 bits per heavy atom. The van der Waals surface area contributed by atoms with Gasteiger partial charge in [0.25, 0.3) is 0 Å². The summed E-state index contributed by atoms with van der Waals surface area (Å²) in [6.07, 6.45) is 2.41. The fourth-order valence-electron chi connectivity index (χ4n) is 1.24. The van der Waals surface area contributed by atoms with Crippen molar-refractivity contribution in [2.75, 3.05) is 18.1 Å². The molecule has 0 saturated carbocycles. The third-order valence-corrected chi connectivity index (χ3v) is 3.07. The summed E-state index contributed by atoms with van der Waals surface area (Å²) >= 11 is 1.99. The Morgan fingerprint density at radius 2 is 2.17 bits per heavy atom. The number of urea groups is 1. The molecule has 0 unspecified atom stereocenters. The van der Waals surface area contributed by atoms with E-state index in [1.54, 1.807) is 0 Å².